The van der Waals surface area contributed by atoms with Crippen LogP contribution < -0.4 is 31.7 Å². The van der Waals surface area contributed by atoms with Crippen LogP contribution >= 0.6 is 0 Å². The molecule has 1 rings (SSSR count). The predicted molar refractivity (Wildman–Crippen MR) is 258 cm³/mol. The maximum absolute atomic E-state index is 12.4. The number of aliphatic hydroxyl groups is 1. The molecule has 0 aliphatic carbocycles. The molecule has 0 spiro atoms. The molecule has 0 unspecified atom stereocenters. The summed E-state index contributed by atoms with van der Waals surface area (Å²) < 4.78 is 27.1. The highest BCUT2D eigenvalue weighted by Crippen LogP contribution is 2.14. The zero-order chi connectivity index (χ0) is 51.6. The van der Waals surface area contributed by atoms with Crippen molar-refractivity contribution in [3.05, 3.63) is 29.8 Å². The van der Waals surface area contributed by atoms with Gasteiger partial charge in [0, 0.05) is 51.4 Å². The van der Waals surface area contributed by atoms with E-state index in [1.54, 1.807) is 19.1 Å². The molecule has 0 aromatic heterocycles. The molecule has 3 atom stereocenters. The molecule has 4 amide bonds. The van der Waals surface area contributed by atoms with Crippen molar-refractivity contribution in [1.29, 1.82) is 0 Å². The fourth-order valence-corrected chi connectivity index (χ4v) is 6.71. The molecule has 21 heteroatoms. The predicted octanol–water partition coefficient (Wildman–Crippen LogP) is 2.86. The Morgan fingerprint density at radius 1 is 0.529 bits per heavy atom. The summed E-state index contributed by atoms with van der Waals surface area (Å²) >= 11 is 0. The van der Waals surface area contributed by atoms with Gasteiger partial charge in [-0.25, -0.2) is 9.59 Å². The van der Waals surface area contributed by atoms with Gasteiger partial charge in [-0.2, -0.15) is 0 Å². The zero-order valence-corrected chi connectivity index (χ0v) is 41.2. The largest absolute Gasteiger partial charge is 0.494 e. The Kier molecular flexibility index (Phi) is 37.5. The number of carbonyl (C=O) groups is 8. The molecule has 70 heavy (non-hydrogen) atoms. The van der Waals surface area contributed by atoms with Gasteiger partial charge in [-0.1, -0.05) is 45.4 Å². The molecule has 0 fully saturated rings. The number of aromatic carboxylic acids is 1. The fraction of sp³-hybridized carbons (Fsp3) is 0.714. The van der Waals surface area contributed by atoms with Gasteiger partial charge in [-0.3, -0.25) is 28.8 Å². The molecule has 0 saturated carbocycles. The number of ketones is 2. The van der Waals surface area contributed by atoms with E-state index in [1.807, 2.05) is 0 Å². The Labute approximate surface area is 412 Å². The molecule has 0 bridgehead atoms. The standard InChI is InChI=1S/C49H81N5O16/c1-37(43(57)34-55)14-8-10-24-51-46(60)35-68-32-30-66-27-13-16-42(56)40(50)15-9-11-25-52-47(61)36-69-33-31-67-29-26-53-44(58)23-22-41(49(64)65)54-45(59)17-7-5-3-2-4-6-12-28-70-39-20-18-38(19-21-39)48(62)63/h18-21,37,40-41,55H,2-17,22-36,50H2,1H3,(H,51,60)(H,52,61)(H,53,58)(H,54,59)(H,62,63)(H,64,65)/t37-,40-,41-/m0/s1. The van der Waals surface area contributed by atoms with E-state index in [-0.39, 0.29) is 125 Å². The number of nitrogens with two attached hydrogens (primary N) is 1. The summed E-state index contributed by atoms with van der Waals surface area (Å²) in [5.74, 6) is -3.27. The summed E-state index contributed by atoms with van der Waals surface area (Å²) in [5.41, 5.74) is 6.24. The van der Waals surface area contributed by atoms with E-state index in [4.69, 9.17) is 39.6 Å². The molecule has 1 aromatic carbocycles. The molecular formula is C49H81N5O16. The molecule has 1 aromatic rings. The second-order valence-corrected chi connectivity index (χ2v) is 17.0. The molecule has 0 aliphatic heterocycles. The topological polar surface area (TPSA) is 318 Å². The number of nitrogens with one attached hydrogen (secondary N) is 4. The first-order chi connectivity index (χ1) is 33.7. The number of carboxylic acid groups (broad SMARTS) is 2. The van der Waals surface area contributed by atoms with E-state index in [0.29, 0.717) is 70.6 Å². The van der Waals surface area contributed by atoms with Crippen molar-refractivity contribution in [1.82, 2.24) is 21.3 Å². The lowest BCUT2D eigenvalue weighted by molar-refractivity contribution is -0.142. The van der Waals surface area contributed by atoms with Crippen molar-refractivity contribution >= 4 is 47.1 Å². The minimum atomic E-state index is -1.21. The van der Waals surface area contributed by atoms with Crippen molar-refractivity contribution in [3.8, 4) is 5.75 Å². The SMILES string of the molecule is C[C@@H](CCCCNC(=O)COCCOCCCC(=O)[C@@H](N)CCCCNC(=O)COCCOCCNC(=O)CC[C@H](NC(=O)CCCCCCCCCOc1ccc(C(=O)O)cc1)C(=O)O)C(=O)CO. The van der Waals surface area contributed by atoms with Crippen LogP contribution in [0.25, 0.3) is 0 Å². The van der Waals surface area contributed by atoms with Gasteiger partial charge in [0.1, 0.15) is 37.4 Å². The summed E-state index contributed by atoms with van der Waals surface area (Å²) in [6, 6.07) is 4.51. The van der Waals surface area contributed by atoms with Gasteiger partial charge in [0.2, 0.25) is 23.6 Å². The van der Waals surface area contributed by atoms with E-state index >= 15 is 0 Å². The lowest BCUT2D eigenvalue weighted by atomic mass is 10.00. The van der Waals surface area contributed by atoms with Crippen LogP contribution in [0.4, 0.5) is 0 Å². The number of hydrogen-bond acceptors (Lipinski definition) is 15. The van der Waals surface area contributed by atoms with Crippen molar-refractivity contribution < 1.29 is 77.4 Å². The number of ether oxygens (including phenoxy) is 5. The number of rotatable bonds is 47. The number of carbonyl (C=O) groups excluding carboxylic acids is 6. The van der Waals surface area contributed by atoms with Crippen LogP contribution in [0.3, 0.4) is 0 Å². The Morgan fingerprint density at radius 3 is 1.69 bits per heavy atom. The van der Waals surface area contributed by atoms with E-state index in [2.05, 4.69) is 21.3 Å². The number of aliphatic hydroxyl groups excluding tert-OH is 1. The van der Waals surface area contributed by atoms with Crippen molar-refractivity contribution in [2.24, 2.45) is 11.7 Å². The van der Waals surface area contributed by atoms with Crippen LogP contribution in [0, 0.1) is 5.92 Å². The minimum Gasteiger partial charge on any atom is -0.494 e. The van der Waals surface area contributed by atoms with E-state index in [9.17, 15) is 43.5 Å². The second kappa shape index (κ2) is 41.7. The maximum Gasteiger partial charge on any atom is 0.335 e. The van der Waals surface area contributed by atoms with Crippen LogP contribution in [0.15, 0.2) is 24.3 Å². The van der Waals surface area contributed by atoms with Crippen LogP contribution in [-0.4, -0.2) is 160 Å². The highest BCUT2D eigenvalue weighted by Gasteiger charge is 2.21. The maximum atomic E-state index is 12.4. The molecule has 0 saturated heterocycles. The lowest BCUT2D eigenvalue weighted by Gasteiger charge is -2.14. The van der Waals surface area contributed by atoms with E-state index < -0.39 is 30.6 Å². The number of amides is 4. The monoisotopic (exact) mass is 996 g/mol. The molecule has 9 N–H and O–H groups in total. The summed E-state index contributed by atoms with van der Waals surface area (Å²) in [6.45, 7) is 4.11. The van der Waals surface area contributed by atoms with Crippen molar-refractivity contribution in [3.63, 3.8) is 0 Å². The van der Waals surface area contributed by atoms with Crippen LogP contribution in [0.1, 0.15) is 133 Å². The third-order valence-electron chi connectivity index (χ3n) is 11.0. The van der Waals surface area contributed by atoms with Gasteiger partial charge in [0.15, 0.2) is 5.78 Å². The Bertz CT molecular complexity index is 1650. The highest BCUT2D eigenvalue weighted by molar-refractivity contribution is 5.87. The first-order valence-corrected chi connectivity index (χ1v) is 24.7. The third kappa shape index (κ3) is 35.1. The van der Waals surface area contributed by atoms with Gasteiger partial charge in [0.05, 0.1) is 51.2 Å². The lowest BCUT2D eigenvalue weighted by Crippen LogP contribution is -2.41. The quantitative estimate of drug-likeness (QED) is 0.0435. The van der Waals surface area contributed by atoms with E-state index in [1.165, 1.54) is 12.1 Å². The first-order valence-electron chi connectivity index (χ1n) is 24.7. The van der Waals surface area contributed by atoms with Crippen molar-refractivity contribution in [2.45, 2.75) is 135 Å². The summed E-state index contributed by atoms with van der Waals surface area (Å²) in [7, 11) is 0. The number of unbranched alkanes of at least 4 members (excludes halogenated alkanes) is 8. The molecular weight excluding hydrogens is 915 g/mol. The fourth-order valence-electron chi connectivity index (χ4n) is 6.71. The van der Waals surface area contributed by atoms with Gasteiger partial charge in [0.25, 0.3) is 0 Å². The van der Waals surface area contributed by atoms with Gasteiger partial charge in [-0.05, 0) is 82.1 Å². The second-order valence-electron chi connectivity index (χ2n) is 17.0. The normalized spacial score (nSPS) is 12.3. The van der Waals surface area contributed by atoms with Gasteiger partial charge >= 0.3 is 11.9 Å². The van der Waals surface area contributed by atoms with Gasteiger partial charge in [-0.15, -0.1) is 0 Å². The summed E-state index contributed by atoms with van der Waals surface area (Å²) in [6.07, 6.45) is 11.1. The highest BCUT2D eigenvalue weighted by atomic mass is 16.5. The minimum absolute atomic E-state index is 0.0561. The van der Waals surface area contributed by atoms with Crippen LogP contribution in [0.2, 0.25) is 0 Å². The number of Topliss-reactive ketones (excluding diaryl/α,β-unsaturated/α-hetero) is 2. The zero-order valence-electron chi connectivity index (χ0n) is 41.2. The molecule has 398 valence electrons. The number of benzene rings is 1. The Balaban J connectivity index is 1.94. The summed E-state index contributed by atoms with van der Waals surface area (Å²) in [5, 5.41) is 38.0. The number of aliphatic carboxylic acids is 1. The Hall–Kier alpha value is -5.06. The third-order valence-corrected chi connectivity index (χ3v) is 11.0. The van der Waals surface area contributed by atoms with Crippen LogP contribution in [-0.2, 0) is 52.5 Å². The molecule has 21 nitrogen and oxygen atoms in total. The summed E-state index contributed by atoms with van der Waals surface area (Å²) in [4.78, 5) is 94.8. The Morgan fingerprint density at radius 2 is 1.09 bits per heavy atom. The average molecular weight is 996 g/mol. The molecule has 0 aliphatic rings. The smallest absolute Gasteiger partial charge is 0.335 e. The van der Waals surface area contributed by atoms with Gasteiger partial charge < -0.3 is 66.0 Å². The number of carboxylic acids is 2. The number of hydrogen-bond donors (Lipinski definition) is 8. The average Bonchev–Trinajstić information content (AvgIpc) is 3.34. The van der Waals surface area contributed by atoms with Crippen molar-refractivity contribution in [2.75, 3.05) is 85.7 Å². The molecule has 0 heterocycles. The molecule has 0 radical (unpaired) electrons. The van der Waals surface area contributed by atoms with E-state index in [0.717, 1.165) is 51.4 Å². The van der Waals surface area contributed by atoms with Crippen LogP contribution in [0.5, 0.6) is 5.75 Å². The first kappa shape index (κ1) is 63.0.